The van der Waals surface area contributed by atoms with Crippen molar-refractivity contribution in [2.45, 2.75) is 37.3 Å². The molecule has 2 aliphatic rings. The van der Waals surface area contributed by atoms with Crippen LogP contribution in [0.5, 0.6) is 5.75 Å². The third kappa shape index (κ3) is 3.13. The van der Waals surface area contributed by atoms with Crippen LogP contribution in [-0.4, -0.2) is 35.2 Å². The molecule has 1 saturated heterocycles. The van der Waals surface area contributed by atoms with Crippen LogP contribution >= 0.6 is 11.8 Å². The molecule has 1 unspecified atom stereocenters. The van der Waals surface area contributed by atoms with Crippen LogP contribution in [-0.2, 0) is 9.67 Å². The zero-order valence-electron chi connectivity index (χ0n) is 17.3. The molecule has 2 heterocycles. The van der Waals surface area contributed by atoms with Crippen LogP contribution in [0.2, 0.25) is 0 Å². The molecule has 152 valence electrons. The molecule has 2 aliphatic heterocycles. The average molecular weight is 412 g/mol. The minimum Gasteiger partial charge on any atom is -0.497 e. The number of thioether (sulfide) groups is 1. The van der Waals surface area contributed by atoms with E-state index < -0.39 is 4.87 Å². The number of nitrogens with zero attached hydrogens (tertiary/aromatic N) is 1. The maximum atomic E-state index is 13.4. The first-order valence-electron chi connectivity index (χ1n) is 9.52. The zero-order chi connectivity index (χ0) is 21.0. The quantitative estimate of drug-likeness (QED) is 0.765. The van der Waals surface area contributed by atoms with Crippen molar-refractivity contribution in [3.8, 4) is 5.75 Å². The first-order valence-corrected chi connectivity index (χ1v) is 10.3. The van der Waals surface area contributed by atoms with E-state index in [2.05, 4.69) is 10.6 Å². The number of urea groups is 1. The summed E-state index contributed by atoms with van der Waals surface area (Å²) in [5.41, 5.74) is 4.45. The van der Waals surface area contributed by atoms with Crippen molar-refractivity contribution in [3.05, 3.63) is 53.1 Å². The molecular formula is C22H25N3O3S. The van der Waals surface area contributed by atoms with Gasteiger partial charge >= 0.3 is 6.03 Å². The highest BCUT2D eigenvalue weighted by atomic mass is 32.2. The largest absolute Gasteiger partial charge is 0.497 e. The van der Waals surface area contributed by atoms with Crippen LogP contribution in [0.15, 0.2) is 36.4 Å². The third-order valence-corrected chi connectivity index (χ3v) is 7.10. The van der Waals surface area contributed by atoms with Crippen molar-refractivity contribution in [1.29, 1.82) is 0 Å². The molecule has 0 saturated carbocycles. The molecule has 4 rings (SSSR count). The minimum absolute atomic E-state index is 0.202. The summed E-state index contributed by atoms with van der Waals surface area (Å²) in [7, 11) is 1.59. The molecule has 0 radical (unpaired) electrons. The lowest BCUT2D eigenvalue weighted by Gasteiger charge is -2.32. The van der Waals surface area contributed by atoms with Crippen LogP contribution in [0, 0.1) is 13.8 Å². The fourth-order valence-electron chi connectivity index (χ4n) is 3.94. The van der Waals surface area contributed by atoms with Crippen molar-refractivity contribution in [2.24, 2.45) is 0 Å². The molecule has 0 aromatic heterocycles. The lowest BCUT2D eigenvalue weighted by atomic mass is 10.0. The molecule has 6 nitrogen and oxygen atoms in total. The Morgan fingerprint density at radius 2 is 1.93 bits per heavy atom. The van der Waals surface area contributed by atoms with E-state index in [0.717, 1.165) is 16.7 Å². The van der Waals surface area contributed by atoms with Gasteiger partial charge in [-0.25, -0.2) is 4.79 Å². The van der Waals surface area contributed by atoms with Gasteiger partial charge in [-0.3, -0.25) is 9.69 Å². The second kappa shape index (κ2) is 6.69. The Morgan fingerprint density at radius 1 is 1.17 bits per heavy atom. The standard InChI is InChI=1S/C22H25N3O3S/c1-13-6-7-15(10-14(13)2)23-20(27)25-12-21(3,4)29-22(25)17-11-16(28-5)8-9-18(17)24-19(22)26/h6-11H,12H2,1-5H3,(H,23,27)(H,24,26). The third-order valence-electron chi connectivity index (χ3n) is 5.49. The zero-order valence-corrected chi connectivity index (χ0v) is 18.1. The monoisotopic (exact) mass is 411 g/mol. The minimum atomic E-state index is -1.13. The predicted molar refractivity (Wildman–Crippen MR) is 117 cm³/mol. The highest BCUT2D eigenvalue weighted by molar-refractivity contribution is 8.02. The number of rotatable bonds is 2. The molecule has 1 atom stereocenters. The lowest BCUT2D eigenvalue weighted by molar-refractivity contribution is -0.121. The summed E-state index contributed by atoms with van der Waals surface area (Å²) >= 11 is 1.50. The molecule has 2 N–H and O–H groups in total. The molecule has 7 heteroatoms. The van der Waals surface area contributed by atoms with E-state index in [1.807, 2.05) is 64.1 Å². The number of ether oxygens (including phenoxy) is 1. The van der Waals surface area contributed by atoms with Gasteiger partial charge in [0.25, 0.3) is 5.91 Å². The van der Waals surface area contributed by atoms with Crippen LogP contribution in [0.1, 0.15) is 30.5 Å². The first-order chi connectivity index (χ1) is 13.7. The molecule has 29 heavy (non-hydrogen) atoms. The van der Waals surface area contributed by atoms with Gasteiger partial charge in [-0.2, -0.15) is 0 Å². The Morgan fingerprint density at radius 3 is 2.62 bits per heavy atom. The SMILES string of the molecule is COc1ccc2c(c1)C1(SC(C)(C)CN1C(=O)Nc1ccc(C)c(C)c1)C(=O)N2. The highest BCUT2D eigenvalue weighted by Gasteiger charge is 2.61. The molecular weight excluding hydrogens is 386 g/mol. The topological polar surface area (TPSA) is 70.7 Å². The number of nitrogens with one attached hydrogen (secondary N) is 2. The fourth-order valence-corrected chi connectivity index (χ4v) is 5.62. The number of benzene rings is 2. The first kappa shape index (κ1) is 19.6. The van der Waals surface area contributed by atoms with E-state index in [1.165, 1.54) is 11.8 Å². The molecule has 2 aromatic rings. The van der Waals surface area contributed by atoms with E-state index in [9.17, 15) is 9.59 Å². The van der Waals surface area contributed by atoms with Crippen LogP contribution in [0.3, 0.4) is 0 Å². The second-order valence-electron chi connectivity index (χ2n) is 8.19. The van der Waals surface area contributed by atoms with E-state index in [4.69, 9.17) is 4.74 Å². The molecule has 0 bridgehead atoms. The Kier molecular flexibility index (Phi) is 4.53. The number of methoxy groups -OCH3 is 1. The highest BCUT2D eigenvalue weighted by Crippen LogP contribution is 2.58. The van der Waals surface area contributed by atoms with Gasteiger partial charge in [0.05, 0.1) is 7.11 Å². The van der Waals surface area contributed by atoms with E-state index in [0.29, 0.717) is 23.7 Å². The molecule has 2 aromatic carbocycles. The number of carbonyl (C=O) groups is 2. The van der Waals surface area contributed by atoms with E-state index in [1.54, 1.807) is 12.0 Å². The normalized spacial score (nSPS) is 21.8. The van der Waals surface area contributed by atoms with Crippen molar-refractivity contribution < 1.29 is 14.3 Å². The van der Waals surface area contributed by atoms with Gasteiger partial charge in [0, 0.05) is 28.2 Å². The number of hydrogen-bond acceptors (Lipinski definition) is 4. The summed E-state index contributed by atoms with van der Waals surface area (Å²) < 4.78 is 5.09. The number of carbonyl (C=O) groups excluding carboxylic acids is 2. The summed E-state index contributed by atoms with van der Waals surface area (Å²) in [6.07, 6.45) is 0. The van der Waals surface area contributed by atoms with Crippen LogP contribution in [0.4, 0.5) is 16.2 Å². The van der Waals surface area contributed by atoms with E-state index >= 15 is 0 Å². The summed E-state index contributed by atoms with van der Waals surface area (Å²) in [4.78, 5) is 27.1. The number of anilines is 2. The number of aryl methyl sites for hydroxylation is 2. The maximum absolute atomic E-state index is 13.4. The van der Waals surface area contributed by atoms with E-state index in [-0.39, 0.29) is 16.7 Å². The Balaban J connectivity index is 1.75. The van der Waals surface area contributed by atoms with Gasteiger partial charge in [-0.15, -0.1) is 11.8 Å². The number of hydrogen-bond donors (Lipinski definition) is 2. The van der Waals surface area contributed by atoms with Gasteiger partial charge in [-0.1, -0.05) is 6.07 Å². The summed E-state index contributed by atoms with van der Waals surface area (Å²) in [5, 5.41) is 5.93. The number of fused-ring (bicyclic) bond motifs is 2. The Bertz CT molecular complexity index is 1020. The molecule has 1 spiro atoms. The van der Waals surface area contributed by atoms with Gasteiger partial charge in [0.1, 0.15) is 5.75 Å². The Hall–Kier alpha value is -2.67. The average Bonchev–Trinajstić information content (AvgIpc) is 3.11. The number of amides is 3. The van der Waals surface area contributed by atoms with Gasteiger partial charge < -0.3 is 15.4 Å². The summed E-state index contributed by atoms with van der Waals surface area (Å²) in [6, 6.07) is 11.0. The van der Waals surface area contributed by atoms with Crippen LogP contribution in [0.25, 0.3) is 0 Å². The molecule has 0 aliphatic carbocycles. The molecule has 1 fully saturated rings. The predicted octanol–water partition coefficient (Wildman–Crippen LogP) is 4.48. The van der Waals surface area contributed by atoms with Gasteiger partial charge in [0.15, 0.2) is 4.87 Å². The summed E-state index contributed by atoms with van der Waals surface area (Å²) in [6.45, 7) is 8.58. The van der Waals surface area contributed by atoms with Gasteiger partial charge in [-0.05, 0) is 69.2 Å². The summed E-state index contributed by atoms with van der Waals surface area (Å²) in [5.74, 6) is 0.450. The Labute approximate surface area is 175 Å². The van der Waals surface area contributed by atoms with Crippen molar-refractivity contribution in [2.75, 3.05) is 24.3 Å². The second-order valence-corrected chi connectivity index (χ2v) is 10.1. The molecule has 3 amide bonds. The van der Waals surface area contributed by atoms with Gasteiger partial charge in [0.2, 0.25) is 0 Å². The van der Waals surface area contributed by atoms with Crippen molar-refractivity contribution in [1.82, 2.24) is 4.90 Å². The van der Waals surface area contributed by atoms with Crippen LogP contribution < -0.4 is 15.4 Å². The van der Waals surface area contributed by atoms with Crippen molar-refractivity contribution in [3.63, 3.8) is 0 Å². The fraction of sp³-hybridized carbons (Fsp3) is 0.364. The van der Waals surface area contributed by atoms with Crippen molar-refractivity contribution >= 4 is 35.1 Å². The smallest absolute Gasteiger partial charge is 0.323 e. The maximum Gasteiger partial charge on any atom is 0.323 e. The lowest BCUT2D eigenvalue weighted by Crippen LogP contribution is -2.49.